The smallest absolute Gasteiger partial charge is 0.178 e. The Morgan fingerprint density at radius 2 is 1.90 bits per heavy atom. The molecule has 1 aromatic heterocycles. The Bertz CT molecular complexity index is 1110. The molecule has 8 nitrogen and oxygen atoms in total. The molecule has 2 aliphatic rings. The van der Waals surface area contributed by atoms with Crippen molar-refractivity contribution in [3.05, 3.63) is 48.3 Å². The number of fused-ring (bicyclic) bond motifs is 1. The standard InChI is InChI=1S/C23H25N5O3/c1-30-15-10-14(11-16(12-15)31-2)28-21(24)19(20(29)23(28)8-5-9-25-13-23)22-26-17-6-3-4-7-18(17)27-22/h3-4,6-7,10-12,19,24-25H,5,8-9,13H2,1-2H3,(H,26,27). The minimum absolute atomic E-state index is 0.00876. The van der Waals surface area contributed by atoms with E-state index in [0.717, 1.165) is 24.0 Å². The van der Waals surface area contributed by atoms with Crippen LogP contribution in [-0.4, -0.2) is 54.4 Å². The number of benzene rings is 2. The van der Waals surface area contributed by atoms with Gasteiger partial charge in [0, 0.05) is 24.7 Å². The summed E-state index contributed by atoms with van der Waals surface area (Å²) in [5.74, 6) is 1.18. The third-order valence-corrected chi connectivity index (χ3v) is 6.30. The van der Waals surface area contributed by atoms with Crippen LogP contribution in [0.3, 0.4) is 0 Å². The molecule has 3 N–H and O–H groups in total. The van der Waals surface area contributed by atoms with Gasteiger partial charge in [0.15, 0.2) is 5.78 Å². The molecule has 0 aliphatic carbocycles. The summed E-state index contributed by atoms with van der Waals surface area (Å²) in [6.45, 7) is 1.33. The quantitative estimate of drug-likeness (QED) is 0.601. The van der Waals surface area contributed by atoms with E-state index < -0.39 is 11.5 Å². The molecule has 2 aromatic carbocycles. The number of Topliss-reactive ketones (excluding diaryl/α,β-unsaturated/α-hetero) is 1. The van der Waals surface area contributed by atoms with Crippen molar-refractivity contribution in [1.82, 2.24) is 15.3 Å². The molecular formula is C23H25N5O3. The average molecular weight is 419 g/mol. The average Bonchev–Trinajstić information content (AvgIpc) is 3.30. The lowest BCUT2D eigenvalue weighted by Crippen LogP contribution is -2.59. The largest absolute Gasteiger partial charge is 0.497 e. The highest BCUT2D eigenvalue weighted by molar-refractivity contribution is 6.26. The van der Waals surface area contributed by atoms with Crippen LogP contribution in [0.4, 0.5) is 5.69 Å². The summed E-state index contributed by atoms with van der Waals surface area (Å²) in [6, 6.07) is 13.2. The Hall–Kier alpha value is -3.39. The molecule has 0 bridgehead atoms. The molecule has 8 heteroatoms. The van der Waals surface area contributed by atoms with E-state index in [1.54, 1.807) is 20.3 Å². The van der Waals surface area contributed by atoms with E-state index in [1.165, 1.54) is 0 Å². The van der Waals surface area contributed by atoms with Crippen LogP contribution < -0.4 is 19.7 Å². The monoisotopic (exact) mass is 419 g/mol. The van der Waals surface area contributed by atoms with Crippen molar-refractivity contribution in [3.8, 4) is 11.5 Å². The van der Waals surface area contributed by atoms with Crippen LogP contribution in [0.5, 0.6) is 11.5 Å². The predicted molar refractivity (Wildman–Crippen MR) is 118 cm³/mol. The summed E-state index contributed by atoms with van der Waals surface area (Å²) in [7, 11) is 3.18. The number of carbonyl (C=O) groups excluding carboxylic acids is 1. The molecule has 0 saturated carbocycles. The van der Waals surface area contributed by atoms with E-state index in [0.29, 0.717) is 36.0 Å². The zero-order valence-corrected chi connectivity index (χ0v) is 17.6. The third kappa shape index (κ3) is 2.97. The molecule has 3 aromatic rings. The van der Waals surface area contributed by atoms with Gasteiger partial charge < -0.3 is 24.7 Å². The van der Waals surface area contributed by atoms with Gasteiger partial charge in [-0.15, -0.1) is 0 Å². The number of imidazole rings is 1. The van der Waals surface area contributed by atoms with Gasteiger partial charge in [0.2, 0.25) is 0 Å². The number of methoxy groups -OCH3 is 2. The van der Waals surface area contributed by atoms with Gasteiger partial charge in [-0.05, 0) is 31.5 Å². The number of nitrogens with zero attached hydrogens (tertiary/aromatic N) is 2. The Balaban J connectivity index is 1.66. The first kappa shape index (κ1) is 19.6. The molecule has 2 atom stereocenters. The van der Waals surface area contributed by atoms with Crippen LogP contribution in [0.2, 0.25) is 0 Å². The Morgan fingerprint density at radius 3 is 2.55 bits per heavy atom. The van der Waals surface area contributed by atoms with Gasteiger partial charge in [-0.1, -0.05) is 12.1 Å². The minimum Gasteiger partial charge on any atom is -0.497 e. The van der Waals surface area contributed by atoms with Crippen molar-refractivity contribution in [2.75, 3.05) is 32.2 Å². The SMILES string of the molecule is COc1cc(OC)cc(N2C(=N)C(c3nc4ccccc4[nH]3)C(=O)C23CCCNC3)c1. The van der Waals surface area contributed by atoms with Gasteiger partial charge in [0.25, 0.3) is 0 Å². The number of H-pyrrole nitrogens is 1. The number of ketones is 1. The van der Waals surface area contributed by atoms with Gasteiger partial charge in [-0.3, -0.25) is 10.2 Å². The number of carbonyl (C=O) groups is 1. The number of nitrogens with one attached hydrogen (secondary N) is 3. The van der Waals surface area contributed by atoms with Crippen molar-refractivity contribution in [3.63, 3.8) is 0 Å². The van der Waals surface area contributed by atoms with Gasteiger partial charge in [-0.25, -0.2) is 4.98 Å². The second-order valence-corrected chi connectivity index (χ2v) is 8.04. The maximum Gasteiger partial charge on any atom is 0.178 e. The van der Waals surface area contributed by atoms with Crippen LogP contribution in [0.1, 0.15) is 24.6 Å². The van der Waals surface area contributed by atoms with E-state index >= 15 is 0 Å². The van der Waals surface area contributed by atoms with E-state index in [4.69, 9.17) is 14.9 Å². The summed E-state index contributed by atoms with van der Waals surface area (Å²) in [5, 5.41) is 12.5. The minimum atomic E-state index is -0.851. The fraction of sp³-hybridized carbons (Fsp3) is 0.348. The van der Waals surface area contributed by atoms with E-state index in [2.05, 4.69) is 15.3 Å². The van der Waals surface area contributed by atoms with Crippen molar-refractivity contribution in [2.24, 2.45) is 0 Å². The highest BCUT2D eigenvalue weighted by atomic mass is 16.5. The maximum absolute atomic E-state index is 13.9. The first-order valence-corrected chi connectivity index (χ1v) is 10.4. The zero-order valence-electron chi connectivity index (χ0n) is 17.6. The summed E-state index contributed by atoms with van der Waals surface area (Å²) in [6.07, 6.45) is 1.51. The zero-order chi connectivity index (χ0) is 21.6. The number of hydrogen-bond donors (Lipinski definition) is 3. The Labute approximate surface area is 180 Å². The highest BCUT2D eigenvalue weighted by Crippen LogP contribution is 2.44. The van der Waals surface area contributed by atoms with Gasteiger partial charge in [-0.2, -0.15) is 0 Å². The molecule has 0 radical (unpaired) electrons. The number of rotatable bonds is 4. The highest BCUT2D eigenvalue weighted by Gasteiger charge is 2.58. The van der Waals surface area contributed by atoms with Crippen LogP contribution >= 0.6 is 0 Å². The number of piperidine rings is 1. The number of amidine groups is 1. The summed E-state index contributed by atoms with van der Waals surface area (Å²) in [5.41, 5.74) is 1.50. The maximum atomic E-state index is 13.9. The van der Waals surface area contributed by atoms with Gasteiger partial charge >= 0.3 is 0 Å². The fourth-order valence-corrected chi connectivity index (χ4v) is 4.82. The molecule has 31 heavy (non-hydrogen) atoms. The molecule has 2 unspecified atom stereocenters. The van der Waals surface area contributed by atoms with Crippen LogP contribution in [0, 0.1) is 5.41 Å². The molecule has 5 rings (SSSR count). The number of anilines is 1. The molecule has 2 saturated heterocycles. The van der Waals surface area contributed by atoms with Crippen LogP contribution in [0.15, 0.2) is 42.5 Å². The first-order valence-electron chi connectivity index (χ1n) is 10.4. The lowest BCUT2D eigenvalue weighted by atomic mass is 9.83. The Morgan fingerprint density at radius 1 is 1.16 bits per heavy atom. The molecule has 160 valence electrons. The van der Waals surface area contributed by atoms with E-state index in [-0.39, 0.29) is 11.6 Å². The van der Waals surface area contributed by atoms with E-state index in [9.17, 15) is 4.79 Å². The normalized spacial score (nSPS) is 23.7. The Kier molecular flexibility index (Phi) is 4.66. The number of para-hydroxylation sites is 2. The number of aromatic amines is 1. The van der Waals surface area contributed by atoms with Crippen LogP contribution in [0.25, 0.3) is 11.0 Å². The lowest BCUT2D eigenvalue weighted by Gasteiger charge is -2.41. The summed E-state index contributed by atoms with van der Waals surface area (Å²) in [4.78, 5) is 23.7. The summed E-state index contributed by atoms with van der Waals surface area (Å²) < 4.78 is 10.9. The number of ether oxygens (including phenoxy) is 2. The first-order chi connectivity index (χ1) is 15.1. The molecule has 2 aliphatic heterocycles. The molecular weight excluding hydrogens is 394 g/mol. The summed E-state index contributed by atoms with van der Waals surface area (Å²) >= 11 is 0. The van der Waals surface area contributed by atoms with Crippen molar-refractivity contribution < 1.29 is 14.3 Å². The molecule has 1 spiro atoms. The molecule has 0 amide bonds. The predicted octanol–water partition coefficient (Wildman–Crippen LogP) is 2.85. The molecule has 3 heterocycles. The molecule has 2 fully saturated rings. The van der Waals surface area contributed by atoms with Crippen LogP contribution in [-0.2, 0) is 4.79 Å². The topological polar surface area (TPSA) is 103 Å². The van der Waals surface area contributed by atoms with Gasteiger partial charge in [0.05, 0.1) is 30.9 Å². The van der Waals surface area contributed by atoms with Gasteiger partial charge in [0.1, 0.15) is 34.6 Å². The van der Waals surface area contributed by atoms with Crippen molar-refractivity contribution in [2.45, 2.75) is 24.3 Å². The number of aromatic nitrogens is 2. The lowest BCUT2D eigenvalue weighted by molar-refractivity contribution is -0.123. The second kappa shape index (κ2) is 7.39. The van der Waals surface area contributed by atoms with Crippen molar-refractivity contribution >= 4 is 28.3 Å². The third-order valence-electron chi connectivity index (χ3n) is 6.30. The van der Waals surface area contributed by atoms with E-state index in [1.807, 2.05) is 41.3 Å². The second-order valence-electron chi connectivity index (χ2n) is 8.04. The fourth-order valence-electron chi connectivity index (χ4n) is 4.82. The number of hydrogen-bond acceptors (Lipinski definition) is 6. The van der Waals surface area contributed by atoms with Crippen molar-refractivity contribution in [1.29, 1.82) is 5.41 Å².